The summed E-state index contributed by atoms with van der Waals surface area (Å²) in [7, 11) is -1.41. The molecule has 2 rings (SSSR count). The molecular formula is C14H22BNO3. The molecule has 1 aliphatic heterocycles. The third kappa shape index (κ3) is 4.23. The highest BCUT2D eigenvalue weighted by atomic mass is 16.5. The molecule has 1 aromatic rings. The fourth-order valence-corrected chi connectivity index (χ4v) is 2.51. The highest BCUT2D eigenvalue weighted by Gasteiger charge is 2.17. The molecule has 0 amide bonds. The summed E-state index contributed by atoms with van der Waals surface area (Å²) in [4.78, 5) is 2.47. The normalized spacial score (nSPS) is 20.3. The van der Waals surface area contributed by atoms with Crippen LogP contribution < -0.4 is 10.2 Å². The summed E-state index contributed by atoms with van der Waals surface area (Å²) in [6, 6.07) is 7.54. The van der Waals surface area contributed by atoms with E-state index >= 15 is 0 Å². The van der Waals surface area contributed by atoms with Crippen LogP contribution in [0.15, 0.2) is 24.3 Å². The molecule has 0 bridgehead atoms. The minimum Gasteiger partial charge on any atom is -0.492 e. The van der Waals surface area contributed by atoms with Gasteiger partial charge in [0.1, 0.15) is 12.4 Å². The van der Waals surface area contributed by atoms with Gasteiger partial charge in [-0.25, -0.2) is 0 Å². The van der Waals surface area contributed by atoms with Gasteiger partial charge in [-0.15, -0.1) is 0 Å². The number of piperidine rings is 1. The van der Waals surface area contributed by atoms with Gasteiger partial charge in [-0.1, -0.05) is 18.6 Å². The molecule has 0 aromatic heterocycles. The highest BCUT2D eigenvalue weighted by Crippen LogP contribution is 2.16. The summed E-state index contributed by atoms with van der Waals surface area (Å²) in [5.74, 6) is 0.772. The van der Waals surface area contributed by atoms with E-state index in [-0.39, 0.29) is 0 Å². The van der Waals surface area contributed by atoms with Crippen LogP contribution in [0.25, 0.3) is 0 Å². The van der Waals surface area contributed by atoms with Gasteiger partial charge >= 0.3 is 7.12 Å². The molecule has 1 fully saturated rings. The fraction of sp³-hybridized carbons (Fsp3) is 0.571. The first-order valence-electron chi connectivity index (χ1n) is 7.00. The maximum atomic E-state index is 9.00. The highest BCUT2D eigenvalue weighted by molar-refractivity contribution is 6.58. The number of hydrogen-bond acceptors (Lipinski definition) is 4. The smallest absolute Gasteiger partial charge is 0.488 e. The second kappa shape index (κ2) is 6.94. The second-order valence-corrected chi connectivity index (χ2v) is 5.17. The Labute approximate surface area is 115 Å². The molecule has 0 radical (unpaired) electrons. The molecule has 5 heteroatoms. The minimum atomic E-state index is -1.41. The van der Waals surface area contributed by atoms with E-state index in [9.17, 15) is 0 Å². The van der Waals surface area contributed by atoms with Crippen LogP contribution in [-0.4, -0.2) is 47.8 Å². The van der Waals surface area contributed by atoms with Crippen molar-refractivity contribution in [3.05, 3.63) is 24.3 Å². The van der Waals surface area contributed by atoms with Crippen molar-refractivity contribution in [3.63, 3.8) is 0 Å². The molecule has 2 N–H and O–H groups in total. The van der Waals surface area contributed by atoms with Crippen molar-refractivity contribution in [1.29, 1.82) is 0 Å². The average molecular weight is 263 g/mol. The maximum Gasteiger partial charge on any atom is 0.488 e. The second-order valence-electron chi connectivity index (χ2n) is 5.17. The lowest BCUT2D eigenvalue weighted by Gasteiger charge is -2.33. The van der Waals surface area contributed by atoms with Crippen LogP contribution in [-0.2, 0) is 0 Å². The van der Waals surface area contributed by atoms with Crippen LogP contribution in [0.3, 0.4) is 0 Å². The summed E-state index contributed by atoms with van der Waals surface area (Å²) < 4.78 is 5.69. The number of ether oxygens (including phenoxy) is 1. The molecule has 0 spiro atoms. The number of hydrogen-bond donors (Lipinski definition) is 2. The summed E-state index contributed by atoms with van der Waals surface area (Å²) in [6.07, 6.45) is 3.90. The van der Waals surface area contributed by atoms with Crippen LogP contribution in [0.5, 0.6) is 5.75 Å². The maximum absolute atomic E-state index is 9.00. The van der Waals surface area contributed by atoms with Crippen molar-refractivity contribution >= 4 is 12.6 Å². The lowest BCUT2D eigenvalue weighted by Crippen LogP contribution is -2.39. The third-order valence-corrected chi connectivity index (χ3v) is 3.77. The Hall–Kier alpha value is -1.04. The first-order chi connectivity index (χ1) is 9.16. The van der Waals surface area contributed by atoms with Gasteiger partial charge in [-0.3, -0.25) is 4.90 Å². The van der Waals surface area contributed by atoms with E-state index in [0.717, 1.165) is 12.3 Å². The number of nitrogens with zero attached hydrogens (tertiary/aromatic N) is 1. The van der Waals surface area contributed by atoms with Gasteiger partial charge < -0.3 is 14.8 Å². The van der Waals surface area contributed by atoms with E-state index in [4.69, 9.17) is 14.8 Å². The molecule has 1 aliphatic rings. The summed E-state index contributed by atoms with van der Waals surface area (Å²) >= 11 is 0. The van der Waals surface area contributed by atoms with Gasteiger partial charge in [0.25, 0.3) is 0 Å². The summed E-state index contributed by atoms with van der Waals surface area (Å²) in [5, 5.41) is 18.0. The third-order valence-electron chi connectivity index (χ3n) is 3.77. The van der Waals surface area contributed by atoms with E-state index in [1.165, 1.54) is 25.8 Å². The number of likely N-dealkylation sites (tertiary alicyclic amines) is 1. The predicted octanol–water partition coefficient (Wildman–Crippen LogP) is 0.620. The predicted molar refractivity (Wildman–Crippen MR) is 76.6 cm³/mol. The van der Waals surface area contributed by atoms with E-state index in [1.807, 2.05) is 0 Å². The van der Waals surface area contributed by atoms with Crippen LogP contribution >= 0.6 is 0 Å². The van der Waals surface area contributed by atoms with Gasteiger partial charge in [0, 0.05) is 12.6 Å². The lowest BCUT2D eigenvalue weighted by atomic mass is 9.80. The van der Waals surface area contributed by atoms with Gasteiger partial charge in [0.2, 0.25) is 0 Å². The molecule has 4 nitrogen and oxygen atoms in total. The molecule has 1 aromatic carbocycles. The van der Waals surface area contributed by atoms with Crippen LogP contribution in [0.2, 0.25) is 0 Å². The Morgan fingerprint density at radius 3 is 2.63 bits per heavy atom. The molecular weight excluding hydrogens is 241 g/mol. The monoisotopic (exact) mass is 263 g/mol. The summed E-state index contributed by atoms with van der Waals surface area (Å²) in [6.45, 7) is 5.06. The molecule has 0 saturated carbocycles. The van der Waals surface area contributed by atoms with Crippen molar-refractivity contribution in [3.8, 4) is 5.75 Å². The van der Waals surface area contributed by atoms with E-state index in [0.29, 0.717) is 18.1 Å². The zero-order chi connectivity index (χ0) is 13.7. The molecule has 1 atom stereocenters. The molecule has 0 aliphatic carbocycles. The van der Waals surface area contributed by atoms with Crippen molar-refractivity contribution in [2.45, 2.75) is 32.2 Å². The van der Waals surface area contributed by atoms with Crippen molar-refractivity contribution in [1.82, 2.24) is 4.90 Å². The van der Waals surface area contributed by atoms with Gasteiger partial charge in [0.15, 0.2) is 0 Å². The zero-order valence-corrected chi connectivity index (χ0v) is 11.5. The molecule has 104 valence electrons. The molecule has 1 unspecified atom stereocenters. The van der Waals surface area contributed by atoms with Crippen LogP contribution in [0.4, 0.5) is 0 Å². The van der Waals surface area contributed by atoms with Crippen LogP contribution in [0.1, 0.15) is 26.2 Å². The lowest BCUT2D eigenvalue weighted by molar-refractivity contribution is 0.133. The van der Waals surface area contributed by atoms with Gasteiger partial charge in [-0.05, 0) is 43.9 Å². The van der Waals surface area contributed by atoms with Crippen molar-refractivity contribution in [2.24, 2.45) is 0 Å². The Morgan fingerprint density at radius 2 is 2.00 bits per heavy atom. The van der Waals surface area contributed by atoms with Gasteiger partial charge in [0.05, 0.1) is 0 Å². The quantitative estimate of drug-likeness (QED) is 0.765. The first kappa shape index (κ1) is 14.4. The summed E-state index contributed by atoms with van der Waals surface area (Å²) in [5.41, 5.74) is 0.483. The number of rotatable bonds is 5. The first-order valence-corrected chi connectivity index (χ1v) is 7.00. The number of benzene rings is 1. The van der Waals surface area contributed by atoms with Crippen molar-refractivity contribution < 1.29 is 14.8 Å². The largest absolute Gasteiger partial charge is 0.492 e. The topological polar surface area (TPSA) is 52.9 Å². The van der Waals surface area contributed by atoms with Gasteiger partial charge in [-0.2, -0.15) is 0 Å². The van der Waals surface area contributed by atoms with E-state index in [2.05, 4.69) is 11.8 Å². The SMILES string of the molecule is CC1CCCCN1CCOc1ccc(B(O)O)cc1. The fourth-order valence-electron chi connectivity index (χ4n) is 2.51. The average Bonchev–Trinajstić information content (AvgIpc) is 2.41. The Morgan fingerprint density at radius 1 is 1.26 bits per heavy atom. The standard InChI is InChI=1S/C14H22BNO3/c1-12-4-2-3-9-16(12)10-11-19-14-7-5-13(6-8-14)15(17)18/h5-8,12,17-18H,2-4,9-11H2,1H3. The molecule has 1 saturated heterocycles. The zero-order valence-electron chi connectivity index (χ0n) is 11.5. The van der Waals surface area contributed by atoms with Crippen molar-refractivity contribution in [2.75, 3.05) is 19.7 Å². The molecule has 19 heavy (non-hydrogen) atoms. The Balaban J connectivity index is 1.75. The van der Waals surface area contributed by atoms with E-state index in [1.54, 1.807) is 24.3 Å². The van der Waals surface area contributed by atoms with E-state index < -0.39 is 7.12 Å². The molecule has 1 heterocycles. The Bertz CT molecular complexity index is 383. The Kier molecular flexibility index (Phi) is 5.25. The minimum absolute atomic E-state index is 0.483. The van der Waals surface area contributed by atoms with Crippen LogP contribution in [0, 0.1) is 0 Å².